The summed E-state index contributed by atoms with van der Waals surface area (Å²) in [7, 11) is 0. The molecule has 0 aliphatic carbocycles. The molecule has 0 saturated heterocycles. The molecule has 2 rings (SSSR count). The largest absolute Gasteiger partial charge is 0.573 e. The summed E-state index contributed by atoms with van der Waals surface area (Å²) in [5, 5.41) is 10.9. The van der Waals surface area contributed by atoms with Crippen LogP contribution < -0.4 is 4.74 Å². The third-order valence-corrected chi connectivity index (χ3v) is 3.60. The van der Waals surface area contributed by atoms with Gasteiger partial charge in [-0.15, -0.1) is 13.2 Å². The highest BCUT2D eigenvalue weighted by Crippen LogP contribution is 2.23. The number of nitrogens with zero attached hydrogens (tertiary/aromatic N) is 1. The standard InChI is InChI=1S/C19H14F3NO6/c1-12-2-6-14(10-16(12)23(26)27)17(24)11-28-18(25)9-5-13-3-7-15(8-4-13)29-19(20,21)22/h2-10H,11H2,1H3/b9-5+. The highest BCUT2D eigenvalue weighted by atomic mass is 19.4. The van der Waals surface area contributed by atoms with Crippen LogP contribution in [0.25, 0.3) is 6.08 Å². The summed E-state index contributed by atoms with van der Waals surface area (Å²) in [4.78, 5) is 34.0. The number of Topliss-reactive ketones (excluding diaryl/α,β-unsaturated/α-hetero) is 1. The minimum atomic E-state index is -4.80. The Morgan fingerprint density at radius 2 is 1.79 bits per heavy atom. The summed E-state index contributed by atoms with van der Waals surface area (Å²) in [5.74, 6) is -1.89. The molecule has 29 heavy (non-hydrogen) atoms. The summed E-state index contributed by atoms with van der Waals surface area (Å²) in [5.41, 5.74) is 0.592. The van der Waals surface area contributed by atoms with Gasteiger partial charge < -0.3 is 9.47 Å². The molecule has 0 spiro atoms. The number of halogens is 3. The van der Waals surface area contributed by atoms with E-state index in [0.29, 0.717) is 11.1 Å². The molecule has 0 unspecified atom stereocenters. The molecule has 0 N–H and O–H groups in total. The van der Waals surface area contributed by atoms with E-state index in [4.69, 9.17) is 4.74 Å². The minimum absolute atomic E-state index is 0.0272. The van der Waals surface area contributed by atoms with Gasteiger partial charge in [-0.3, -0.25) is 14.9 Å². The van der Waals surface area contributed by atoms with Crippen molar-refractivity contribution in [2.24, 2.45) is 0 Å². The van der Waals surface area contributed by atoms with Crippen molar-refractivity contribution in [2.75, 3.05) is 6.61 Å². The normalized spacial score (nSPS) is 11.3. The summed E-state index contributed by atoms with van der Waals surface area (Å²) in [6.07, 6.45) is -2.53. The topological polar surface area (TPSA) is 95.7 Å². The highest BCUT2D eigenvalue weighted by Gasteiger charge is 2.30. The highest BCUT2D eigenvalue weighted by molar-refractivity contribution is 5.99. The Bertz CT molecular complexity index is 951. The van der Waals surface area contributed by atoms with Gasteiger partial charge in [-0.25, -0.2) is 4.79 Å². The number of carbonyl (C=O) groups excluding carboxylic acids is 2. The van der Waals surface area contributed by atoms with E-state index in [1.165, 1.54) is 37.3 Å². The quantitative estimate of drug-likeness (QED) is 0.223. The second kappa shape index (κ2) is 9.00. The molecule has 7 nitrogen and oxygen atoms in total. The van der Waals surface area contributed by atoms with E-state index >= 15 is 0 Å². The van der Waals surface area contributed by atoms with Crippen LogP contribution in [0.3, 0.4) is 0 Å². The first-order valence-electron chi connectivity index (χ1n) is 8.04. The van der Waals surface area contributed by atoms with Crippen molar-refractivity contribution >= 4 is 23.5 Å². The average Bonchev–Trinajstić information content (AvgIpc) is 2.64. The van der Waals surface area contributed by atoms with Crippen LogP contribution in [0.2, 0.25) is 0 Å². The number of rotatable bonds is 7. The molecule has 0 aromatic heterocycles. The van der Waals surface area contributed by atoms with Gasteiger partial charge in [0.1, 0.15) is 5.75 Å². The molecule has 0 bridgehead atoms. The van der Waals surface area contributed by atoms with Gasteiger partial charge in [-0.05, 0) is 30.7 Å². The van der Waals surface area contributed by atoms with E-state index in [0.717, 1.165) is 24.3 Å². The van der Waals surface area contributed by atoms with Gasteiger partial charge in [-0.2, -0.15) is 0 Å². The zero-order valence-corrected chi connectivity index (χ0v) is 14.9. The Morgan fingerprint density at radius 3 is 2.38 bits per heavy atom. The average molecular weight is 409 g/mol. The number of carbonyl (C=O) groups is 2. The fourth-order valence-electron chi connectivity index (χ4n) is 2.19. The number of nitro groups is 1. The maximum atomic E-state index is 12.1. The molecule has 2 aromatic carbocycles. The monoisotopic (exact) mass is 409 g/mol. The van der Waals surface area contributed by atoms with Gasteiger partial charge >= 0.3 is 12.3 Å². The van der Waals surface area contributed by atoms with Crippen LogP contribution in [0.5, 0.6) is 5.75 Å². The number of ketones is 1. The number of nitro benzene ring substituents is 1. The molecular weight excluding hydrogens is 395 g/mol. The predicted octanol–water partition coefficient (Wildman–Crippen LogP) is 4.24. The van der Waals surface area contributed by atoms with E-state index in [1.807, 2.05) is 0 Å². The maximum absolute atomic E-state index is 12.1. The molecule has 0 atom stereocenters. The number of benzene rings is 2. The second-order valence-electron chi connectivity index (χ2n) is 5.74. The van der Waals surface area contributed by atoms with Crippen LogP contribution in [-0.4, -0.2) is 29.6 Å². The lowest BCUT2D eigenvalue weighted by molar-refractivity contribution is -0.385. The van der Waals surface area contributed by atoms with Crippen molar-refractivity contribution < 1.29 is 37.2 Å². The molecule has 0 fully saturated rings. The Labute approximate surface area is 162 Å². The molecule has 0 amide bonds. The second-order valence-corrected chi connectivity index (χ2v) is 5.74. The molecule has 10 heteroatoms. The smallest absolute Gasteiger partial charge is 0.454 e. The third-order valence-electron chi connectivity index (χ3n) is 3.60. The number of esters is 1. The zero-order chi connectivity index (χ0) is 21.6. The molecule has 152 valence electrons. The van der Waals surface area contributed by atoms with Crippen molar-refractivity contribution in [1.29, 1.82) is 0 Å². The van der Waals surface area contributed by atoms with Crippen LogP contribution in [-0.2, 0) is 9.53 Å². The van der Waals surface area contributed by atoms with Crippen LogP contribution in [0.1, 0.15) is 21.5 Å². The van der Waals surface area contributed by atoms with Crippen molar-refractivity contribution in [3.05, 3.63) is 75.3 Å². The summed E-state index contributed by atoms with van der Waals surface area (Å²) >= 11 is 0. The minimum Gasteiger partial charge on any atom is -0.454 e. The third kappa shape index (κ3) is 6.76. The lowest BCUT2D eigenvalue weighted by atomic mass is 10.1. The molecule has 2 aromatic rings. The first-order chi connectivity index (χ1) is 13.5. The first kappa shape index (κ1) is 21.6. The van der Waals surface area contributed by atoms with Crippen LogP contribution in [0.15, 0.2) is 48.5 Å². The van der Waals surface area contributed by atoms with Crippen molar-refractivity contribution in [3.63, 3.8) is 0 Å². The van der Waals surface area contributed by atoms with Gasteiger partial charge in [0.25, 0.3) is 5.69 Å². The van der Waals surface area contributed by atoms with Crippen LogP contribution in [0.4, 0.5) is 18.9 Å². The number of aryl methyl sites for hydroxylation is 1. The van der Waals surface area contributed by atoms with Crippen LogP contribution >= 0.6 is 0 Å². The van der Waals surface area contributed by atoms with E-state index in [1.54, 1.807) is 0 Å². The van der Waals surface area contributed by atoms with Gasteiger partial charge in [0.2, 0.25) is 5.78 Å². The maximum Gasteiger partial charge on any atom is 0.573 e. The Balaban J connectivity index is 1.92. The summed E-state index contributed by atoms with van der Waals surface area (Å²) < 4.78 is 44.8. The van der Waals surface area contributed by atoms with E-state index in [-0.39, 0.29) is 11.3 Å². The zero-order valence-electron chi connectivity index (χ0n) is 14.9. The molecule has 0 heterocycles. The number of hydrogen-bond donors (Lipinski definition) is 0. The van der Waals surface area contributed by atoms with E-state index < -0.39 is 35.4 Å². The van der Waals surface area contributed by atoms with Crippen molar-refractivity contribution in [1.82, 2.24) is 0 Å². The molecule has 0 aliphatic rings. The fourth-order valence-corrected chi connectivity index (χ4v) is 2.19. The molecule has 0 saturated carbocycles. The van der Waals surface area contributed by atoms with E-state index in [9.17, 15) is 32.9 Å². The first-order valence-corrected chi connectivity index (χ1v) is 8.04. The van der Waals surface area contributed by atoms with Gasteiger partial charge in [0, 0.05) is 23.3 Å². The van der Waals surface area contributed by atoms with Gasteiger partial charge in [0.05, 0.1) is 4.92 Å². The Hall–Kier alpha value is -3.69. The van der Waals surface area contributed by atoms with E-state index in [2.05, 4.69) is 4.74 Å². The summed E-state index contributed by atoms with van der Waals surface area (Å²) in [6, 6.07) is 8.64. The molecule has 0 radical (unpaired) electrons. The fraction of sp³-hybridized carbons (Fsp3) is 0.158. The lowest BCUT2D eigenvalue weighted by Gasteiger charge is -2.08. The number of alkyl halides is 3. The number of hydrogen-bond acceptors (Lipinski definition) is 6. The number of ether oxygens (including phenoxy) is 2. The molecule has 0 aliphatic heterocycles. The van der Waals surface area contributed by atoms with Gasteiger partial charge in [-0.1, -0.05) is 24.3 Å². The van der Waals surface area contributed by atoms with Crippen LogP contribution in [0, 0.1) is 17.0 Å². The van der Waals surface area contributed by atoms with Crippen molar-refractivity contribution in [2.45, 2.75) is 13.3 Å². The summed E-state index contributed by atoms with van der Waals surface area (Å²) in [6.45, 7) is 0.904. The van der Waals surface area contributed by atoms with Gasteiger partial charge in [0.15, 0.2) is 6.61 Å². The predicted molar refractivity (Wildman–Crippen MR) is 95.3 cm³/mol. The van der Waals surface area contributed by atoms with Crippen molar-refractivity contribution in [3.8, 4) is 5.75 Å². The lowest BCUT2D eigenvalue weighted by Crippen LogP contribution is -2.16. The SMILES string of the molecule is Cc1ccc(C(=O)COC(=O)/C=C/c2ccc(OC(F)(F)F)cc2)cc1[N+](=O)[O-]. The Morgan fingerprint density at radius 1 is 1.14 bits per heavy atom. The Kier molecular flexibility index (Phi) is 6.71. The molecular formula is C19H14F3NO6.